The van der Waals surface area contributed by atoms with Crippen LogP contribution < -0.4 is 10.6 Å². The van der Waals surface area contributed by atoms with Gasteiger partial charge in [0.15, 0.2) is 5.78 Å². The zero-order valence-electron chi connectivity index (χ0n) is 14.2. The zero-order valence-corrected chi connectivity index (χ0v) is 15.0. The third-order valence-corrected chi connectivity index (χ3v) is 3.87. The van der Waals surface area contributed by atoms with E-state index in [1.165, 1.54) is 6.08 Å². The van der Waals surface area contributed by atoms with Gasteiger partial charge in [-0.05, 0) is 72.8 Å². The molecule has 0 atom stereocenters. The smallest absolute Gasteiger partial charge is 0.308 e. The molecule has 1 heterocycles. The number of nitrogens with one attached hydrogen (secondary N) is 2. The predicted molar refractivity (Wildman–Crippen MR) is 108 cm³/mol. The molecule has 0 spiro atoms. The summed E-state index contributed by atoms with van der Waals surface area (Å²) in [4.78, 5) is 28.3. The first-order chi connectivity index (χ1) is 13.1. The lowest BCUT2D eigenvalue weighted by Gasteiger charge is -2.08. The van der Waals surface area contributed by atoms with Gasteiger partial charge in [-0.15, -0.1) is 0 Å². The summed E-state index contributed by atoms with van der Waals surface area (Å²) in [5.41, 5.74) is 2.43. The van der Waals surface area contributed by atoms with Gasteiger partial charge in [0.05, 0.1) is 5.69 Å². The highest BCUT2D eigenvalue weighted by Gasteiger charge is 2.05. The molecule has 1 aromatic heterocycles. The summed E-state index contributed by atoms with van der Waals surface area (Å²) in [6, 6.07) is 18.5. The Balaban J connectivity index is 1.58. The van der Waals surface area contributed by atoms with Gasteiger partial charge in [-0.1, -0.05) is 17.7 Å². The van der Waals surface area contributed by atoms with Crippen LogP contribution in [0.5, 0.6) is 0 Å². The van der Waals surface area contributed by atoms with Gasteiger partial charge in [0.25, 0.3) is 0 Å². The number of carbonyl (C=O) groups is 2. The second-order valence-corrected chi connectivity index (χ2v) is 6.05. The van der Waals surface area contributed by atoms with Crippen LogP contribution in [0.1, 0.15) is 16.1 Å². The van der Waals surface area contributed by atoms with Crippen LogP contribution in [0.15, 0.2) is 79.0 Å². The maximum absolute atomic E-state index is 12.2. The van der Waals surface area contributed by atoms with Crippen molar-refractivity contribution < 1.29 is 9.59 Å². The van der Waals surface area contributed by atoms with Crippen molar-refractivity contribution >= 4 is 40.9 Å². The van der Waals surface area contributed by atoms with E-state index in [2.05, 4.69) is 15.6 Å². The van der Waals surface area contributed by atoms with Crippen LogP contribution >= 0.6 is 11.6 Å². The number of urea groups is 1. The van der Waals surface area contributed by atoms with Crippen LogP contribution in [0, 0.1) is 0 Å². The summed E-state index contributed by atoms with van der Waals surface area (Å²) in [6.07, 6.45) is 4.80. The standard InChI is InChI=1S/C21H16ClN3O2/c22-16-6-10-19(11-7-16)25-21(27)24-18-8-4-15(5-9-18)20(26)13-12-17-3-1-2-14-23-17/h1-14H,(H2,24,25,27)/b13-12+. The number of hydrogen-bond acceptors (Lipinski definition) is 3. The fourth-order valence-electron chi connectivity index (χ4n) is 2.28. The second-order valence-electron chi connectivity index (χ2n) is 5.62. The second kappa shape index (κ2) is 8.78. The summed E-state index contributed by atoms with van der Waals surface area (Å²) >= 11 is 5.81. The van der Waals surface area contributed by atoms with E-state index in [-0.39, 0.29) is 11.8 Å². The molecular weight excluding hydrogens is 362 g/mol. The van der Waals surface area contributed by atoms with Crippen molar-refractivity contribution in [2.24, 2.45) is 0 Å². The normalized spacial score (nSPS) is 10.6. The molecule has 0 bridgehead atoms. The van der Waals surface area contributed by atoms with Crippen molar-refractivity contribution in [2.45, 2.75) is 0 Å². The highest BCUT2D eigenvalue weighted by Crippen LogP contribution is 2.15. The molecule has 2 aromatic carbocycles. The van der Waals surface area contributed by atoms with Crippen LogP contribution in [-0.2, 0) is 0 Å². The Hall–Kier alpha value is -3.44. The van der Waals surface area contributed by atoms with E-state index in [1.54, 1.807) is 60.8 Å². The van der Waals surface area contributed by atoms with E-state index in [4.69, 9.17) is 11.6 Å². The molecule has 5 nitrogen and oxygen atoms in total. The van der Waals surface area contributed by atoms with Gasteiger partial charge >= 0.3 is 6.03 Å². The predicted octanol–water partition coefficient (Wildman–Crippen LogP) is 5.28. The van der Waals surface area contributed by atoms with Gasteiger partial charge in [0.1, 0.15) is 0 Å². The summed E-state index contributed by atoms with van der Waals surface area (Å²) in [5.74, 6) is -0.141. The van der Waals surface area contributed by atoms with Gasteiger partial charge in [-0.3, -0.25) is 9.78 Å². The van der Waals surface area contributed by atoms with Gasteiger partial charge < -0.3 is 10.6 Å². The highest BCUT2D eigenvalue weighted by atomic mass is 35.5. The quantitative estimate of drug-likeness (QED) is 0.469. The van der Waals surface area contributed by atoms with Gasteiger partial charge in [-0.2, -0.15) is 0 Å². The van der Waals surface area contributed by atoms with Crippen molar-refractivity contribution in [3.05, 3.63) is 95.3 Å². The third-order valence-electron chi connectivity index (χ3n) is 3.62. The van der Waals surface area contributed by atoms with Crippen molar-refractivity contribution in [3.63, 3.8) is 0 Å². The number of hydrogen-bond donors (Lipinski definition) is 2. The molecule has 3 rings (SSSR count). The van der Waals surface area contributed by atoms with Crippen LogP contribution in [0.4, 0.5) is 16.2 Å². The van der Waals surface area contributed by atoms with Gasteiger partial charge in [-0.25, -0.2) is 4.79 Å². The number of pyridine rings is 1. The lowest BCUT2D eigenvalue weighted by atomic mass is 10.1. The number of rotatable bonds is 5. The molecule has 0 saturated carbocycles. The fourth-order valence-corrected chi connectivity index (χ4v) is 2.40. The van der Waals surface area contributed by atoms with Crippen LogP contribution in [-0.4, -0.2) is 16.8 Å². The Labute approximate surface area is 161 Å². The fraction of sp³-hybridized carbons (Fsp3) is 0. The van der Waals surface area contributed by atoms with Gasteiger partial charge in [0, 0.05) is 28.2 Å². The number of ketones is 1. The Morgan fingerprint density at radius 3 is 2.07 bits per heavy atom. The Bertz CT molecular complexity index is 953. The zero-order chi connectivity index (χ0) is 19.1. The minimum atomic E-state index is -0.383. The van der Waals surface area contributed by atoms with Gasteiger partial charge in [0.2, 0.25) is 0 Å². The molecular formula is C21H16ClN3O2. The van der Waals surface area contributed by atoms with Crippen molar-refractivity contribution in [1.82, 2.24) is 4.98 Å². The Morgan fingerprint density at radius 1 is 0.852 bits per heavy atom. The van der Waals surface area contributed by atoms with Crippen molar-refractivity contribution in [3.8, 4) is 0 Å². The van der Waals surface area contributed by atoms with E-state index in [1.807, 2.05) is 18.2 Å². The van der Waals surface area contributed by atoms with Crippen LogP contribution in [0.3, 0.4) is 0 Å². The minimum Gasteiger partial charge on any atom is -0.308 e. The van der Waals surface area contributed by atoms with Crippen LogP contribution in [0.2, 0.25) is 5.02 Å². The SMILES string of the molecule is O=C(Nc1ccc(Cl)cc1)Nc1ccc(C(=O)/C=C/c2ccccn2)cc1. The maximum Gasteiger partial charge on any atom is 0.323 e. The van der Waals surface area contributed by atoms with E-state index < -0.39 is 0 Å². The molecule has 0 aliphatic carbocycles. The summed E-state index contributed by atoms with van der Waals surface area (Å²) in [7, 11) is 0. The Kier molecular flexibility index (Phi) is 5.97. The number of aromatic nitrogens is 1. The molecule has 0 aliphatic heterocycles. The molecule has 2 N–H and O–H groups in total. The number of carbonyl (C=O) groups excluding carboxylic acids is 2. The van der Waals surface area contributed by atoms with E-state index in [0.717, 1.165) is 0 Å². The number of amides is 2. The average molecular weight is 378 g/mol. The number of benzene rings is 2. The monoisotopic (exact) mass is 377 g/mol. The molecule has 134 valence electrons. The van der Waals surface area contributed by atoms with E-state index in [9.17, 15) is 9.59 Å². The summed E-state index contributed by atoms with van der Waals surface area (Å²) in [5, 5.41) is 6.00. The summed E-state index contributed by atoms with van der Waals surface area (Å²) < 4.78 is 0. The molecule has 0 saturated heterocycles. The van der Waals surface area contributed by atoms with Crippen molar-refractivity contribution in [2.75, 3.05) is 10.6 Å². The molecule has 0 aliphatic rings. The highest BCUT2D eigenvalue weighted by molar-refractivity contribution is 6.30. The molecule has 0 unspecified atom stereocenters. The largest absolute Gasteiger partial charge is 0.323 e. The molecule has 3 aromatic rings. The van der Waals surface area contributed by atoms with Crippen LogP contribution in [0.25, 0.3) is 6.08 Å². The molecule has 0 fully saturated rings. The molecule has 6 heteroatoms. The average Bonchev–Trinajstić information content (AvgIpc) is 2.69. The number of anilines is 2. The first kappa shape index (κ1) is 18.4. The minimum absolute atomic E-state index is 0.141. The Morgan fingerprint density at radius 2 is 1.48 bits per heavy atom. The summed E-state index contributed by atoms with van der Waals surface area (Å²) in [6.45, 7) is 0. The molecule has 0 radical (unpaired) electrons. The van der Waals surface area contributed by atoms with Crippen molar-refractivity contribution in [1.29, 1.82) is 0 Å². The molecule has 2 amide bonds. The first-order valence-electron chi connectivity index (χ1n) is 8.17. The number of allylic oxidation sites excluding steroid dienone is 1. The lowest BCUT2D eigenvalue weighted by Crippen LogP contribution is -2.19. The van der Waals surface area contributed by atoms with E-state index in [0.29, 0.717) is 27.7 Å². The topological polar surface area (TPSA) is 71.1 Å². The van der Waals surface area contributed by atoms with E-state index >= 15 is 0 Å². The number of halogens is 1. The third kappa shape index (κ3) is 5.52. The molecule has 27 heavy (non-hydrogen) atoms. The first-order valence-corrected chi connectivity index (χ1v) is 8.55. The maximum atomic E-state index is 12.2. The number of nitrogens with zero attached hydrogens (tertiary/aromatic N) is 1. The lowest BCUT2D eigenvalue weighted by molar-refractivity contribution is 0.104.